The second kappa shape index (κ2) is 6.23. The molecule has 0 aromatic carbocycles. The van der Waals surface area contributed by atoms with Crippen molar-refractivity contribution < 1.29 is 13.9 Å². The van der Waals surface area contributed by atoms with Crippen LogP contribution in [0.5, 0.6) is 5.75 Å². The first-order valence-electron chi connectivity index (χ1n) is 6.43. The summed E-state index contributed by atoms with van der Waals surface area (Å²) in [7, 11) is 1.58. The van der Waals surface area contributed by atoms with Gasteiger partial charge < -0.3 is 14.5 Å². The molecule has 106 valence electrons. The molecule has 0 radical (unpaired) electrons. The van der Waals surface area contributed by atoms with Crippen molar-refractivity contribution in [1.29, 1.82) is 0 Å². The SMILES string of the molecule is COc1ccc(CC(=O)NC(C)c2ccc(C)o2)nc1. The number of nitrogens with zero attached hydrogens (tertiary/aromatic N) is 1. The van der Waals surface area contributed by atoms with Gasteiger partial charge >= 0.3 is 0 Å². The Balaban J connectivity index is 1.91. The van der Waals surface area contributed by atoms with Crippen LogP contribution in [0.25, 0.3) is 0 Å². The minimum Gasteiger partial charge on any atom is -0.495 e. The number of nitrogens with one attached hydrogen (secondary N) is 1. The fourth-order valence-electron chi connectivity index (χ4n) is 1.85. The molecule has 0 bridgehead atoms. The van der Waals surface area contributed by atoms with Gasteiger partial charge in [-0.2, -0.15) is 0 Å². The topological polar surface area (TPSA) is 64.4 Å². The maximum Gasteiger partial charge on any atom is 0.226 e. The fraction of sp³-hybridized carbons (Fsp3) is 0.333. The van der Waals surface area contributed by atoms with Gasteiger partial charge in [0.25, 0.3) is 0 Å². The fourth-order valence-corrected chi connectivity index (χ4v) is 1.85. The zero-order chi connectivity index (χ0) is 14.5. The molecule has 5 heteroatoms. The number of pyridine rings is 1. The van der Waals surface area contributed by atoms with E-state index in [1.807, 2.05) is 26.0 Å². The van der Waals surface area contributed by atoms with Crippen molar-refractivity contribution in [3.8, 4) is 5.75 Å². The highest BCUT2D eigenvalue weighted by molar-refractivity contribution is 5.78. The molecule has 0 aliphatic rings. The van der Waals surface area contributed by atoms with Crippen LogP contribution >= 0.6 is 0 Å². The molecule has 1 atom stereocenters. The highest BCUT2D eigenvalue weighted by Crippen LogP contribution is 2.15. The summed E-state index contributed by atoms with van der Waals surface area (Å²) in [4.78, 5) is 16.1. The third kappa shape index (κ3) is 3.60. The van der Waals surface area contributed by atoms with Crippen molar-refractivity contribution in [2.45, 2.75) is 26.3 Å². The van der Waals surface area contributed by atoms with Crippen LogP contribution in [0.1, 0.15) is 30.2 Å². The van der Waals surface area contributed by atoms with Gasteiger partial charge in [0.2, 0.25) is 5.91 Å². The summed E-state index contributed by atoms with van der Waals surface area (Å²) in [6.07, 6.45) is 1.83. The quantitative estimate of drug-likeness (QED) is 0.909. The Bertz CT molecular complexity index is 575. The Kier molecular flexibility index (Phi) is 4.40. The molecule has 0 saturated carbocycles. The molecular formula is C15H18N2O3. The molecule has 2 aromatic heterocycles. The van der Waals surface area contributed by atoms with Gasteiger partial charge in [0.1, 0.15) is 17.3 Å². The molecule has 2 heterocycles. The number of ether oxygens (including phenoxy) is 1. The van der Waals surface area contributed by atoms with Crippen LogP contribution in [0, 0.1) is 6.92 Å². The number of methoxy groups -OCH3 is 1. The van der Waals surface area contributed by atoms with Crippen molar-refractivity contribution in [3.63, 3.8) is 0 Å². The lowest BCUT2D eigenvalue weighted by Crippen LogP contribution is -2.28. The average Bonchev–Trinajstić information content (AvgIpc) is 2.86. The zero-order valence-electron chi connectivity index (χ0n) is 11.8. The summed E-state index contributed by atoms with van der Waals surface area (Å²) in [5.74, 6) is 2.16. The maximum absolute atomic E-state index is 11.9. The number of rotatable bonds is 5. The lowest BCUT2D eigenvalue weighted by Gasteiger charge is -2.11. The van der Waals surface area contributed by atoms with Crippen molar-refractivity contribution in [1.82, 2.24) is 10.3 Å². The molecule has 5 nitrogen and oxygen atoms in total. The smallest absolute Gasteiger partial charge is 0.226 e. The maximum atomic E-state index is 11.9. The number of aryl methyl sites for hydroxylation is 1. The molecular weight excluding hydrogens is 256 g/mol. The normalized spacial score (nSPS) is 11.9. The van der Waals surface area contributed by atoms with E-state index in [0.29, 0.717) is 11.4 Å². The first kappa shape index (κ1) is 14.1. The number of hydrogen-bond acceptors (Lipinski definition) is 4. The monoisotopic (exact) mass is 274 g/mol. The van der Waals surface area contributed by atoms with E-state index in [9.17, 15) is 4.79 Å². The predicted molar refractivity (Wildman–Crippen MR) is 74.5 cm³/mol. The molecule has 0 saturated heterocycles. The van der Waals surface area contributed by atoms with Crippen molar-refractivity contribution >= 4 is 5.91 Å². The number of furan rings is 1. The number of aromatic nitrogens is 1. The van der Waals surface area contributed by atoms with Gasteiger partial charge in [-0.15, -0.1) is 0 Å². The van der Waals surface area contributed by atoms with Crippen LogP contribution in [0.3, 0.4) is 0 Å². The predicted octanol–water partition coefficient (Wildman–Crippen LogP) is 2.41. The third-order valence-corrected chi connectivity index (χ3v) is 2.94. The third-order valence-electron chi connectivity index (χ3n) is 2.94. The largest absolute Gasteiger partial charge is 0.495 e. The molecule has 2 rings (SSSR count). The van der Waals surface area contributed by atoms with E-state index in [4.69, 9.17) is 9.15 Å². The molecule has 1 unspecified atom stereocenters. The summed E-state index contributed by atoms with van der Waals surface area (Å²) in [6, 6.07) is 7.15. The van der Waals surface area contributed by atoms with E-state index < -0.39 is 0 Å². The highest BCUT2D eigenvalue weighted by Gasteiger charge is 2.13. The summed E-state index contributed by atoms with van der Waals surface area (Å²) in [5, 5.41) is 2.88. The second-order valence-electron chi connectivity index (χ2n) is 4.60. The van der Waals surface area contributed by atoms with Gasteiger partial charge in [-0.05, 0) is 38.1 Å². The van der Waals surface area contributed by atoms with E-state index >= 15 is 0 Å². The first-order valence-corrected chi connectivity index (χ1v) is 6.43. The van der Waals surface area contributed by atoms with E-state index in [1.54, 1.807) is 25.4 Å². The van der Waals surface area contributed by atoms with Crippen molar-refractivity contribution in [2.75, 3.05) is 7.11 Å². The number of amides is 1. The number of carbonyl (C=O) groups excluding carboxylic acids is 1. The van der Waals surface area contributed by atoms with Gasteiger partial charge in [-0.3, -0.25) is 9.78 Å². The molecule has 1 amide bonds. The minimum atomic E-state index is -0.158. The molecule has 0 aliphatic carbocycles. The highest BCUT2D eigenvalue weighted by atomic mass is 16.5. The summed E-state index contributed by atoms with van der Waals surface area (Å²) in [6.45, 7) is 3.76. The minimum absolute atomic E-state index is 0.0933. The van der Waals surface area contributed by atoms with Gasteiger partial charge in [0.05, 0.1) is 25.8 Å². The van der Waals surface area contributed by atoms with Crippen LogP contribution in [-0.2, 0) is 11.2 Å². The molecule has 2 aromatic rings. The van der Waals surface area contributed by atoms with E-state index in [0.717, 1.165) is 11.5 Å². The lowest BCUT2D eigenvalue weighted by molar-refractivity contribution is -0.121. The van der Waals surface area contributed by atoms with Crippen LogP contribution in [0.4, 0.5) is 0 Å². The molecule has 0 aliphatic heterocycles. The van der Waals surface area contributed by atoms with Gasteiger partial charge in [-0.25, -0.2) is 0 Å². The zero-order valence-corrected chi connectivity index (χ0v) is 11.8. The van der Waals surface area contributed by atoms with Crippen molar-refractivity contribution in [2.24, 2.45) is 0 Å². The molecule has 1 N–H and O–H groups in total. The lowest BCUT2D eigenvalue weighted by atomic mass is 10.2. The van der Waals surface area contributed by atoms with Gasteiger partial charge in [-0.1, -0.05) is 0 Å². The van der Waals surface area contributed by atoms with Crippen LogP contribution in [0.2, 0.25) is 0 Å². The summed E-state index contributed by atoms with van der Waals surface area (Å²) < 4.78 is 10.5. The Hall–Kier alpha value is -2.30. The van der Waals surface area contributed by atoms with Crippen LogP contribution in [0.15, 0.2) is 34.9 Å². The van der Waals surface area contributed by atoms with Gasteiger partial charge in [0.15, 0.2) is 0 Å². The molecule has 20 heavy (non-hydrogen) atoms. The van der Waals surface area contributed by atoms with Crippen LogP contribution < -0.4 is 10.1 Å². The standard InChI is InChI=1S/C15H18N2O3/c1-10-4-7-14(20-10)11(2)17-15(18)8-12-5-6-13(19-3)9-16-12/h4-7,9,11H,8H2,1-3H3,(H,17,18). The number of hydrogen-bond donors (Lipinski definition) is 1. The Morgan fingerprint density at radius 2 is 2.20 bits per heavy atom. The Labute approximate surface area is 118 Å². The van der Waals surface area contributed by atoms with Crippen molar-refractivity contribution in [3.05, 3.63) is 47.7 Å². The Morgan fingerprint density at radius 3 is 2.75 bits per heavy atom. The second-order valence-corrected chi connectivity index (χ2v) is 4.60. The van der Waals surface area contributed by atoms with Gasteiger partial charge in [0, 0.05) is 5.69 Å². The summed E-state index contributed by atoms with van der Waals surface area (Å²) in [5.41, 5.74) is 0.700. The number of carbonyl (C=O) groups is 1. The van der Waals surface area contributed by atoms with E-state index in [-0.39, 0.29) is 18.4 Å². The molecule has 0 spiro atoms. The first-order chi connectivity index (χ1) is 9.58. The molecule has 0 fully saturated rings. The summed E-state index contributed by atoms with van der Waals surface area (Å²) >= 11 is 0. The van der Waals surface area contributed by atoms with E-state index in [2.05, 4.69) is 10.3 Å². The average molecular weight is 274 g/mol. The Morgan fingerprint density at radius 1 is 1.40 bits per heavy atom. The van der Waals surface area contributed by atoms with Crippen LogP contribution in [-0.4, -0.2) is 18.0 Å². The van der Waals surface area contributed by atoms with E-state index in [1.165, 1.54) is 0 Å².